The number of aromatic amines is 1. The van der Waals surface area contributed by atoms with E-state index in [4.69, 9.17) is 0 Å². The number of rotatable bonds is 2. The summed E-state index contributed by atoms with van der Waals surface area (Å²) in [5.41, 5.74) is 2.59. The maximum absolute atomic E-state index is 13.4. The molecule has 4 heteroatoms. The van der Waals surface area contributed by atoms with Crippen LogP contribution in [0.25, 0.3) is 11.4 Å². The molecule has 94 valence electrons. The van der Waals surface area contributed by atoms with Gasteiger partial charge in [0.05, 0.1) is 5.69 Å². The first-order valence-electron chi connectivity index (χ1n) is 5.88. The van der Waals surface area contributed by atoms with E-state index in [0.717, 1.165) is 11.3 Å². The van der Waals surface area contributed by atoms with Gasteiger partial charge in [-0.2, -0.15) is 0 Å². The third kappa shape index (κ3) is 2.32. The van der Waals surface area contributed by atoms with E-state index < -0.39 is 0 Å². The summed E-state index contributed by atoms with van der Waals surface area (Å²) >= 11 is 0. The Bertz CT molecular complexity index is 626. The van der Waals surface area contributed by atoms with E-state index >= 15 is 0 Å². The van der Waals surface area contributed by atoms with E-state index in [2.05, 4.69) is 9.97 Å². The van der Waals surface area contributed by atoms with Gasteiger partial charge < -0.3 is 4.98 Å². The number of nitrogens with one attached hydrogen (secondary N) is 1. The predicted octanol–water partition coefficient (Wildman–Crippen LogP) is 2.76. The van der Waals surface area contributed by atoms with Gasteiger partial charge in [-0.05, 0) is 44.0 Å². The predicted molar refractivity (Wildman–Crippen MR) is 69.1 cm³/mol. The lowest BCUT2D eigenvalue weighted by molar-refractivity contribution is 0.627. The van der Waals surface area contributed by atoms with Crippen LogP contribution >= 0.6 is 0 Å². The van der Waals surface area contributed by atoms with Crippen molar-refractivity contribution in [3.8, 4) is 11.4 Å². The number of nitrogens with zero attached hydrogens (tertiary/aromatic N) is 1. The summed E-state index contributed by atoms with van der Waals surface area (Å²) in [5, 5.41) is 0. The summed E-state index contributed by atoms with van der Waals surface area (Å²) in [7, 11) is 0. The van der Waals surface area contributed by atoms with Crippen LogP contribution < -0.4 is 5.56 Å². The Kier molecular flexibility index (Phi) is 3.28. The number of aryl methyl sites for hydroxylation is 2. The molecule has 1 N–H and O–H groups in total. The largest absolute Gasteiger partial charge is 0.306 e. The van der Waals surface area contributed by atoms with Crippen molar-refractivity contribution in [3.63, 3.8) is 0 Å². The molecule has 0 saturated heterocycles. The van der Waals surface area contributed by atoms with Crippen LogP contribution in [0.3, 0.4) is 0 Å². The molecule has 0 atom stereocenters. The van der Waals surface area contributed by atoms with Crippen LogP contribution in [0.4, 0.5) is 4.39 Å². The molecular weight excluding hydrogens is 231 g/mol. The maximum atomic E-state index is 13.4. The van der Waals surface area contributed by atoms with Crippen molar-refractivity contribution in [2.75, 3.05) is 0 Å². The zero-order valence-electron chi connectivity index (χ0n) is 10.7. The molecular formula is C14H15FN2O. The van der Waals surface area contributed by atoms with E-state index in [1.165, 1.54) is 12.1 Å². The first-order valence-corrected chi connectivity index (χ1v) is 5.88. The van der Waals surface area contributed by atoms with Crippen molar-refractivity contribution < 1.29 is 4.39 Å². The zero-order chi connectivity index (χ0) is 13.3. The normalized spacial score (nSPS) is 10.7. The Morgan fingerprint density at radius 1 is 1.28 bits per heavy atom. The van der Waals surface area contributed by atoms with Crippen LogP contribution in [0.15, 0.2) is 23.0 Å². The highest BCUT2D eigenvalue weighted by molar-refractivity contribution is 5.56. The number of hydrogen-bond donors (Lipinski definition) is 1. The van der Waals surface area contributed by atoms with Gasteiger partial charge in [-0.25, -0.2) is 9.37 Å². The molecule has 0 aliphatic heterocycles. The summed E-state index contributed by atoms with van der Waals surface area (Å²) in [6, 6.07) is 4.62. The average Bonchev–Trinajstić information content (AvgIpc) is 2.31. The van der Waals surface area contributed by atoms with Gasteiger partial charge in [0.25, 0.3) is 5.56 Å². The van der Waals surface area contributed by atoms with Gasteiger partial charge in [-0.15, -0.1) is 0 Å². The average molecular weight is 246 g/mol. The third-order valence-corrected chi connectivity index (χ3v) is 2.90. The number of hydrogen-bond acceptors (Lipinski definition) is 2. The Balaban J connectivity index is 2.64. The lowest BCUT2D eigenvalue weighted by Crippen LogP contribution is -2.15. The molecule has 0 fully saturated rings. The molecule has 3 nitrogen and oxygen atoms in total. The minimum atomic E-state index is -0.328. The van der Waals surface area contributed by atoms with Crippen molar-refractivity contribution >= 4 is 0 Å². The van der Waals surface area contributed by atoms with Gasteiger partial charge in [-0.3, -0.25) is 4.79 Å². The molecule has 2 rings (SSSR count). The molecule has 0 bridgehead atoms. The summed E-state index contributed by atoms with van der Waals surface area (Å²) in [6.07, 6.45) is 0.678. The highest BCUT2D eigenvalue weighted by Crippen LogP contribution is 2.18. The lowest BCUT2D eigenvalue weighted by Gasteiger charge is -2.07. The minimum Gasteiger partial charge on any atom is -0.306 e. The summed E-state index contributed by atoms with van der Waals surface area (Å²) in [4.78, 5) is 18.8. The van der Waals surface area contributed by atoms with Gasteiger partial charge in [0.15, 0.2) is 0 Å². The van der Waals surface area contributed by atoms with Crippen LogP contribution in [0, 0.1) is 19.7 Å². The molecule has 1 aromatic heterocycles. The molecule has 0 amide bonds. The highest BCUT2D eigenvalue weighted by Gasteiger charge is 2.09. The van der Waals surface area contributed by atoms with Gasteiger partial charge >= 0.3 is 0 Å². The second-order valence-electron chi connectivity index (χ2n) is 4.36. The van der Waals surface area contributed by atoms with Crippen LogP contribution in [0.2, 0.25) is 0 Å². The Morgan fingerprint density at radius 2 is 2.00 bits per heavy atom. The van der Waals surface area contributed by atoms with E-state index in [9.17, 15) is 9.18 Å². The monoisotopic (exact) mass is 246 g/mol. The van der Waals surface area contributed by atoms with Crippen molar-refractivity contribution in [1.29, 1.82) is 0 Å². The molecule has 2 aromatic rings. The minimum absolute atomic E-state index is 0.168. The molecule has 1 heterocycles. The summed E-state index contributed by atoms with van der Waals surface area (Å²) < 4.78 is 13.4. The summed E-state index contributed by atoms with van der Waals surface area (Å²) in [6.45, 7) is 5.49. The standard InChI is InChI=1S/C14H15FN2O/c1-4-12-9(3)14(18)17-13(16-12)10-5-8(2)6-11(15)7-10/h5-7H,4H2,1-3H3,(H,16,17,18). The van der Waals surface area contributed by atoms with Gasteiger partial charge in [0.2, 0.25) is 0 Å². The summed E-state index contributed by atoms with van der Waals surface area (Å²) in [5.74, 6) is 0.0938. The maximum Gasteiger partial charge on any atom is 0.254 e. The Labute approximate surface area is 105 Å². The van der Waals surface area contributed by atoms with E-state index in [-0.39, 0.29) is 11.4 Å². The molecule has 0 radical (unpaired) electrons. The SMILES string of the molecule is CCc1nc(-c2cc(C)cc(F)c2)[nH]c(=O)c1C. The van der Waals surface area contributed by atoms with Crippen LogP contribution in [-0.4, -0.2) is 9.97 Å². The van der Waals surface area contributed by atoms with E-state index in [1.807, 2.05) is 6.92 Å². The second-order valence-corrected chi connectivity index (χ2v) is 4.36. The first-order chi connectivity index (χ1) is 8.51. The number of aromatic nitrogens is 2. The van der Waals surface area contributed by atoms with Gasteiger partial charge in [0.1, 0.15) is 11.6 Å². The Hall–Kier alpha value is -1.97. The van der Waals surface area contributed by atoms with Gasteiger partial charge in [-0.1, -0.05) is 6.92 Å². The quantitative estimate of drug-likeness (QED) is 0.885. The van der Waals surface area contributed by atoms with Crippen molar-refractivity contribution in [2.45, 2.75) is 27.2 Å². The van der Waals surface area contributed by atoms with Crippen molar-refractivity contribution in [2.24, 2.45) is 0 Å². The molecule has 0 aliphatic rings. The zero-order valence-corrected chi connectivity index (χ0v) is 10.7. The fraction of sp³-hybridized carbons (Fsp3) is 0.286. The van der Waals surface area contributed by atoms with Gasteiger partial charge in [0, 0.05) is 11.1 Å². The first kappa shape index (κ1) is 12.5. The molecule has 0 spiro atoms. The fourth-order valence-corrected chi connectivity index (χ4v) is 1.93. The molecule has 1 aromatic carbocycles. The third-order valence-electron chi connectivity index (χ3n) is 2.90. The van der Waals surface area contributed by atoms with Crippen molar-refractivity contribution in [1.82, 2.24) is 9.97 Å². The molecule has 0 aliphatic carbocycles. The fourth-order valence-electron chi connectivity index (χ4n) is 1.93. The molecule has 18 heavy (non-hydrogen) atoms. The second kappa shape index (κ2) is 4.72. The highest BCUT2D eigenvalue weighted by atomic mass is 19.1. The lowest BCUT2D eigenvalue weighted by atomic mass is 10.1. The van der Waals surface area contributed by atoms with Crippen LogP contribution in [0.1, 0.15) is 23.7 Å². The van der Waals surface area contributed by atoms with E-state index in [0.29, 0.717) is 23.4 Å². The topological polar surface area (TPSA) is 45.8 Å². The van der Waals surface area contributed by atoms with Crippen LogP contribution in [0.5, 0.6) is 0 Å². The van der Waals surface area contributed by atoms with Crippen LogP contribution in [-0.2, 0) is 6.42 Å². The smallest absolute Gasteiger partial charge is 0.254 e. The van der Waals surface area contributed by atoms with Crippen molar-refractivity contribution in [3.05, 3.63) is 51.2 Å². The molecule has 0 saturated carbocycles. The number of halogens is 1. The molecule has 0 unspecified atom stereocenters. The number of H-pyrrole nitrogens is 1. The van der Waals surface area contributed by atoms with E-state index in [1.54, 1.807) is 19.9 Å². The number of benzene rings is 1. The Morgan fingerprint density at radius 3 is 2.61 bits per heavy atom.